The van der Waals surface area contributed by atoms with Crippen molar-refractivity contribution in [3.05, 3.63) is 29.0 Å². The van der Waals surface area contributed by atoms with Gasteiger partial charge in [0.25, 0.3) is 5.91 Å². The van der Waals surface area contributed by atoms with Crippen LogP contribution in [0.2, 0.25) is 5.02 Å². The quantitative estimate of drug-likeness (QED) is 0.417. The molecule has 0 radical (unpaired) electrons. The first kappa shape index (κ1) is 15.6. The number of hydroxylamine groups is 1. The van der Waals surface area contributed by atoms with Gasteiger partial charge in [-0.05, 0) is 25.0 Å². The second-order valence-corrected chi connectivity index (χ2v) is 5.26. The number of fused-ring (bicyclic) bond motifs is 1. The summed E-state index contributed by atoms with van der Waals surface area (Å²) in [4.78, 5) is 15.6. The van der Waals surface area contributed by atoms with E-state index in [1.54, 1.807) is 11.5 Å². The summed E-state index contributed by atoms with van der Waals surface area (Å²) in [5, 5.41) is 12.1. The van der Waals surface area contributed by atoms with Crippen LogP contribution in [0.1, 0.15) is 31.9 Å². The van der Waals surface area contributed by atoms with Gasteiger partial charge in [-0.15, -0.1) is 0 Å². The van der Waals surface area contributed by atoms with E-state index in [1.165, 1.54) is 0 Å². The molecule has 0 aliphatic heterocycles. The Hall–Kier alpha value is -1.79. The van der Waals surface area contributed by atoms with Crippen molar-refractivity contribution in [2.75, 3.05) is 11.9 Å². The second-order valence-electron chi connectivity index (χ2n) is 4.83. The number of unbranched alkanes of at least 4 members (excludes halogenated alkanes) is 2. The number of halogens is 1. The monoisotopic (exact) mass is 310 g/mol. The van der Waals surface area contributed by atoms with Gasteiger partial charge in [-0.2, -0.15) is 0 Å². The zero-order chi connectivity index (χ0) is 15.2. The van der Waals surface area contributed by atoms with Crippen molar-refractivity contribution >= 4 is 29.0 Å². The van der Waals surface area contributed by atoms with Crippen molar-refractivity contribution in [1.82, 2.24) is 14.9 Å². The molecule has 6 nitrogen and oxygen atoms in total. The second kappa shape index (κ2) is 7.28. The number of anilines is 1. The van der Waals surface area contributed by atoms with Crippen LogP contribution < -0.4 is 10.8 Å². The minimum Gasteiger partial charge on any atom is -0.359 e. The number of hydrogen-bond donors (Lipinski definition) is 3. The maximum Gasteiger partial charge on any atom is 0.262 e. The van der Waals surface area contributed by atoms with E-state index in [2.05, 4.69) is 17.2 Å². The van der Waals surface area contributed by atoms with Crippen molar-refractivity contribution < 1.29 is 10.0 Å². The third kappa shape index (κ3) is 3.86. The van der Waals surface area contributed by atoms with Crippen LogP contribution in [0.5, 0.6) is 0 Å². The fraction of sp³-hybridized carbons (Fsp3) is 0.429. The average Bonchev–Trinajstić information content (AvgIpc) is 2.82. The number of nitrogens with one attached hydrogen (secondary N) is 2. The number of aryl methyl sites for hydroxylation is 1. The first-order valence-electron chi connectivity index (χ1n) is 6.99. The predicted octanol–water partition coefficient (Wildman–Crippen LogP) is 2.64. The van der Waals surface area contributed by atoms with E-state index in [0.29, 0.717) is 10.8 Å². The van der Waals surface area contributed by atoms with Crippen molar-refractivity contribution in [2.24, 2.45) is 0 Å². The number of carbonyl (C=O) groups excluding carboxylic acids is 1. The molecule has 2 aromatic rings. The Balaban J connectivity index is 2.28. The normalized spacial score (nSPS) is 10.8. The van der Waals surface area contributed by atoms with Crippen LogP contribution in [0.4, 0.5) is 5.82 Å². The van der Waals surface area contributed by atoms with Gasteiger partial charge in [0.15, 0.2) is 0 Å². The molecule has 2 rings (SSSR count). The van der Waals surface area contributed by atoms with Crippen LogP contribution in [0.15, 0.2) is 18.3 Å². The van der Waals surface area contributed by atoms with Crippen LogP contribution in [-0.2, 0) is 11.2 Å². The van der Waals surface area contributed by atoms with Gasteiger partial charge in [-0.1, -0.05) is 31.4 Å². The van der Waals surface area contributed by atoms with Gasteiger partial charge >= 0.3 is 0 Å². The lowest BCUT2D eigenvalue weighted by atomic mass is 10.1. The Labute approximate surface area is 128 Å². The van der Waals surface area contributed by atoms with Crippen LogP contribution in [0.25, 0.3) is 5.65 Å². The maximum absolute atomic E-state index is 11.1. The summed E-state index contributed by atoms with van der Waals surface area (Å²) in [5.74, 6) is 0.140. The molecule has 7 heteroatoms. The molecule has 114 valence electrons. The van der Waals surface area contributed by atoms with Crippen LogP contribution in [0.3, 0.4) is 0 Å². The Bertz CT molecular complexity index is 627. The highest BCUT2D eigenvalue weighted by atomic mass is 35.5. The summed E-state index contributed by atoms with van der Waals surface area (Å²) in [5.41, 5.74) is 3.36. The molecular formula is C14H19ClN4O2. The van der Waals surface area contributed by atoms with E-state index in [1.807, 2.05) is 16.7 Å². The van der Waals surface area contributed by atoms with Gasteiger partial charge in [0.1, 0.15) is 11.5 Å². The van der Waals surface area contributed by atoms with E-state index >= 15 is 0 Å². The third-order valence-corrected chi connectivity index (χ3v) is 3.46. The molecule has 2 aromatic heterocycles. The van der Waals surface area contributed by atoms with E-state index in [-0.39, 0.29) is 6.54 Å². The lowest BCUT2D eigenvalue weighted by molar-refractivity contribution is -0.127. The van der Waals surface area contributed by atoms with Gasteiger partial charge in [0.2, 0.25) is 0 Å². The molecule has 0 fully saturated rings. The molecule has 0 saturated carbocycles. The number of hydrogen-bond acceptors (Lipinski definition) is 4. The van der Waals surface area contributed by atoms with Gasteiger partial charge in [0, 0.05) is 6.20 Å². The predicted molar refractivity (Wildman–Crippen MR) is 81.8 cm³/mol. The zero-order valence-electron chi connectivity index (χ0n) is 11.9. The summed E-state index contributed by atoms with van der Waals surface area (Å²) >= 11 is 6.05. The smallest absolute Gasteiger partial charge is 0.262 e. The molecule has 0 unspecified atom stereocenters. The number of amides is 1. The number of pyridine rings is 1. The molecule has 0 saturated heterocycles. The molecule has 0 aliphatic rings. The maximum atomic E-state index is 11.1. The van der Waals surface area contributed by atoms with Crippen LogP contribution >= 0.6 is 11.6 Å². The van der Waals surface area contributed by atoms with Gasteiger partial charge in [-0.3, -0.25) is 10.0 Å². The molecule has 2 heterocycles. The van der Waals surface area contributed by atoms with Crippen molar-refractivity contribution in [3.63, 3.8) is 0 Å². The molecular weight excluding hydrogens is 292 g/mol. The van der Waals surface area contributed by atoms with Gasteiger partial charge < -0.3 is 9.72 Å². The Morgan fingerprint density at radius 2 is 2.24 bits per heavy atom. The molecule has 0 aromatic carbocycles. The van der Waals surface area contributed by atoms with E-state index < -0.39 is 5.91 Å². The molecule has 1 amide bonds. The van der Waals surface area contributed by atoms with Gasteiger partial charge in [-0.25, -0.2) is 10.5 Å². The third-order valence-electron chi connectivity index (χ3n) is 3.24. The minimum absolute atomic E-state index is 0.0328. The largest absolute Gasteiger partial charge is 0.359 e. The standard InChI is InChI=1S/C14H19ClN4O2/c1-2-3-4-5-11-14(16-8-13(20)18-21)17-12-7-6-10(15)9-19(11)12/h6-7,9,16,21H,2-5,8H2,1H3,(H,18,20). The zero-order valence-corrected chi connectivity index (χ0v) is 12.7. The first-order chi connectivity index (χ1) is 10.2. The number of carbonyl (C=O) groups is 1. The lowest BCUT2D eigenvalue weighted by Gasteiger charge is -2.06. The molecule has 0 aliphatic carbocycles. The van der Waals surface area contributed by atoms with Crippen molar-refractivity contribution in [3.8, 4) is 0 Å². The van der Waals surface area contributed by atoms with Crippen molar-refractivity contribution in [1.29, 1.82) is 0 Å². The summed E-state index contributed by atoms with van der Waals surface area (Å²) in [7, 11) is 0. The molecule has 3 N–H and O–H groups in total. The highest BCUT2D eigenvalue weighted by molar-refractivity contribution is 6.30. The topological polar surface area (TPSA) is 78.7 Å². The Morgan fingerprint density at radius 3 is 2.95 bits per heavy atom. The summed E-state index contributed by atoms with van der Waals surface area (Å²) < 4.78 is 1.94. The molecule has 0 bridgehead atoms. The molecule has 21 heavy (non-hydrogen) atoms. The first-order valence-corrected chi connectivity index (χ1v) is 7.36. The molecule has 0 atom stereocenters. The number of rotatable bonds is 7. The van der Waals surface area contributed by atoms with Crippen LogP contribution in [-0.4, -0.2) is 27.0 Å². The summed E-state index contributed by atoms with van der Waals surface area (Å²) in [6, 6.07) is 3.62. The van der Waals surface area contributed by atoms with Crippen LogP contribution in [0, 0.1) is 0 Å². The molecule has 0 spiro atoms. The lowest BCUT2D eigenvalue weighted by Crippen LogP contribution is -2.27. The Kier molecular flexibility index (Phi) is 5.41. The van der Waals surface area contributed by atoms with Crippen molar-refractivity contribution in [2.45, 2.75) is 32.6 Å². The SMILES string of the molecule is CCCCCc1c(NCC(=O)NO)nc2ccc(Cl)cn12. The van der Waals surface area contributed by atoms with Gasteiger partial charge in [0.05, 0.1) is 17.3 Å². The fourth-order valence-corrected chi connectivity index (χ4v) is 2.35. The average molecular weight is 311 g/mol. The van der Waals surface area contributed by atoms with E-state index in [4.69, 9.17) is 16.8 Å². The highest BCUT2D eigenvalue weighted by Gasteiger charge is 2.13. The number of nitrogens with zero attached hydrogens (tertiary/aromatic N) is 2. The fourth-order valence-electron chi connectivity index (χ4n) is 2.19. The summed E-state index contributed by atoms with van der Waals surface area (Å²) in [6.45, 7) is 2.12. The number of aromatic nitrogens is 2. The van der Waals surface area contributed by atoms with E-state index in [0.717, 1.165) is 37.0 Å². The van der Waals surface area contributed by atoms with E-state index in [9.17, 15) is 4.79 Å². The Morgan fingerprint density at radius 1 is 1.43 bits per heavy atom. The minimum atomic E-state index is -0.510. The number of imidazole rings is 1. The highest BCUT2D eigenvalue weighted by Crippen LogP contribution is 2.22. The summed E-state index contributed by atoms with van der Waals surface area (Å²) in [6.07, 6.45) is 5.97.